The van der Waals surface area contributed by atoms with Gasteiger partial charge in [0.1, 0.15) is 16.9 Å². The van der Waals surface area contributed by atoms with Gasteiger partial charge < -0.3 is 24.2 Å². The predicted octanol–water partition coefficient (Wildman–Crippen LogP) is 6.84. The maximum absolute atomic E-state index is 14.5. The number of hydrogen-bond donors (Lipinski definition) is 2. The van der Waals surface area contributed by atoms with Crippen LogP contribution in [-0.4, -0.2) is 97.1 Å². The van der Waals surface area contributed by atoms with Crippen molar-refractivity contribution in [2.75, 3.05) is 41.5 Å². The number of benzene rings is 2. The van der Waals surface area contributed by atoms with Crippen molar-refractivity contribution in [1.29, 1.82) is 0 Å². The Hall–Kier alpha value is -4.41. The summed E-state index contributed by atoms with van der Waals surface area (Å²) < 4.78 is 17.7. The van der Waals surface area contributed by atoms with E-state index in [0.717, 1.165) is 77.0 Å². The van der Waals surface area contributed by atoms with Crippen molar-refractivity contribution < 1.29 is 28.6 Å². The summed E-state index contributed by atoms with van der Waals surface area (Å²) in [6, 6.07) is 13.0. The fourth-order valence-corrected chi connectivity index (χ4v) is 12.7. The van der Waals surface area contributed by atoms with Crippen LogP contribution in [0, 0.1) is 23.7 Å². The minimum atomic E-state index is -0.869. The number of likely N-dealkylation sites (tertiary alicyclic amines) is 1. The highest BCUT2D eigenvalue weighted by atomic mass is 16.5. The van der Waals surface area contributed by atoms with Crippen LogP contribution < -0.4 is 4.74 Å². The van der Waals surface area contributed by atoms with Crippen LogP contribution in [-0.2, 0) is 42.1 Å². The Kier molecular flexibility index (Phi) is 9.23. The molecule has 2 aromatic heterocycles. The van der Waals surface area contributed by atoms with Gasteiger partial charge in [-0.3, -0.25) is 24.2 Å². The van der Waals surface area contributed by atoms with Crippen LogP contribution in [0.3, 0.4) is 0 Å². The number of hydrogen-bond acceptors (Lipinski definition) is 8. The highest BCUT2D eigenvalue weighted by molar-refractivity contribution is 5.93. The Balaban J connectivity index is 1.25. The number of Topliss-reactive ketones (excluding diaryl/α,β-unsaturated/α-hetero) is 1. The topological polar surface area (TPSA) is 117 Å². The summed E-state index contributed by atoms with van der Waals surface area (Å²) in [5, 5.41) is 2.24. The maximum Gasteiger partial charge on any atom is 0.319 e. The lowest BCUT2D eigenvalue weighted by atomic mass is 9.54. The number of para-hydroxylation sites is 1. The van der Waals surface area contributed by atoms with Crippen LogP contribution in [0.4, 0.5) is 0 Å². The first-order chi connectivity index (χ1) is 27.1. The number of ketones is 1. The molecular formula is C46H56N4O6. The van der Waals surface area contributed by atoms with Crippen molar-refractivity contribution in [2.24, 2.45) is 23.7 Å². The number of piperidine rings is 3. The smallest absolute Gasteiger partial charge is 0.319 e. The summed E-state index contributed by atoms with van der Waals surface area (Å²) in [6.07, 6.45) is 7.53. The fraction of sp³-hybridized carbons (Fsp3) is 0.543. The van der Waals surface area contributed by atoms with Crippen molar-refractivity contribution in [3.05, 3.63) is 76.1 Å². The minimum Gasteiger partial charge on any atom is -0.496 e. The van der Waals surface area contributed by atoms with E-state index >= 15 is 0 Å². The van der Waals surface area contributed by atoms with Crippen LogP contribution >= 0.6 is 0 Å². The summed E-state index contributed by atoms with van der Waals surface area (Å²) in [4.78, 5) is 53.6. The Morgan fingerprint density at radius 2 is 1.80 bits per heavy atom. The average molecular weight is 761 g/mol. The highest BCUT2D eigenvalue weighted by Crippen LogP contribution is 2.58. The van der Waals surface area contributed by atoms with Crippen molar-refractivity contribution in [2.45, 2.75) is 95.2 Å². The first-order valence-corrected chi connectivity index (χ1v) is 20.7. The molecule has 0 spiro atoms. The van der Waals surface area contributed by atoms with E-state index in [1.54, 1.807) is 14.0 Å². The molecule has 56 heavy (non-hydrogen) atoms. The molecule has 3 saturated heterocycles. The molecule has 2 aliphatic carbocycles. The number of ether oxygens (including phenoxy) is 3. The third-order valence-corrected chi connectivity index (χ3v) is 15.0. The van der Waals surface area contributed by atoms with E-state index in [1.807, 2.05) is 0 Å². The third kappa shape index (κ3) is 5.30. The second-order valence-corrected chi connectivity index (χ2v) is 17.4. The number of methoxy groups -OCH3 is 3. The molecule has 6 aliphatic rings. The summed E-state index contributed by atoms with van der Waals surface area (Å²) in [6.45, 7) is 7.58. The highest BCUT2D eigenvalue weighted by Gasteiger charge is 2.65. The van der Waals surface area contributed by atoms with Gasteiger partial charge >= 0.3 is 11.9 Å². The molecule has 1 saturated carbocycles. The van der Waals surface area contributed by atoms with Crippen molar-refractivity contribution in [3.8, 4) is 5.75 Å². The number of likely N-dealkylation sites (N-methyl/N-ethyl adjacent to an activating group) is 1. The number of fused-ring (bicyclic) bond motifs is 9. The van der Waals surface area contributed by atoms with Crippen molar-refractivity contribution in [3.63, 3.8) is 0 Å². The number of nitrogens with zero attached hydrogens (tertiary/aromatic N) is 2. The molecule has 6 heterocycles. The molecule has 10 unspecified atom stereocenters. The van der Waals surface area contributed by atoms with Gasteiger partial charge in [0.2, 0.25) is 0 Å². The number of carbonyl (C=O) groups is 3. The van der Waals surface area contributed by atoms with Crippen LogP contribution in [0.25, 0.3) is 21.8 Å². The van der Waals surface area contributed by atoms with E-state index < -0.39 is 5.41 Å². The van der Waals surface area contributed by atoms with E-state index in [4.69, 9.17) is 14.2 Å². The maximum atomic E-state index is 14.5. The molecule has 10 nitrogen and oxygen atoms in total. The van der Waals surface area contributed by atoms with Crippen LogP contribution in [0.15, 0.2) is 48.0 Å². The SMILES string of the molecule is C/C=C1/CN(C)C2Cc3c([nH]c4ccccc34)C(c3cc4[nH]c5c(c4cc3OC)CCN3C(CC(C)=O)C4CC(CC)C3C5(C(=O)OC)C4)CC1C2C(=O)OC. The third-order valence-electron chi connectivity index (χ3n) is 15.0. The Bertz CT molecular complexity index is 2270. The summed E-state index contributed by atoms with van der Waals surface area (Å²) in [5.74, 6) is 0.694. The molecule has 4 aliphatic heterocycles. The molecule has 10 heteroatoms. The molecule has 6 bridgehead atoms. The minimum absolute atomic E-state index is 0.0135. The Labute approximate surface area is 329 Å². The molecule has 0 amide bonds. The van der Waals surface area contributed by atoms with Gasteiger partial charge in [0, 0.05) is 82.3 Å². The number of allylic oxidation sites excluding steroid dienone is 1. The van der Waals surface area contributed by atoms with Crippen molar-refractivity contribution >= 4 is 39.5 Å². The first kappa shape index (κ1) is 37.2. The molecule has 2 aromatic carbocycles. The lowest BCUT2D eigenvalue weighted by molar-refractivity contribution is -0.169. The molecule has 2 N–H and O–H groups in total. The number of nitrogens with one attached hydrogen (secondary N) is 2. The Morgan fingerprint density at radius 3 is 2.52 bits per heavy atom. The molecule has 4 fully saturated rings. The second kappa shape index (κ2) is 13.9. The van der Waals surface area contributed by atoms with Gasteiger partial charge in [-0.05, 0) is 100 Å². The first-order valence-electron chi connectivity index (χ1n) is 20.7. The number of H-pyrrole nitrogens is 2. The van der Waals surface area contributed by atoms with Crippen molar-refractivity contribution in [1.82, 2.24) is 19.8 Å². The van der Waals surface area contributed by atoms with E-state index in [9.17, 15) is 14.4 Å². The lowest BCUT2D eigenvalue weighted by Crippen LogP contribution is -2.70. The lowest BCUT2D eigenvalue weighted by Gasteiger charge is -2.61. The summed E-state index contributed by atoms with van der Waals surface area (Å²) in [7, 11) is 6.91. The molecule has 10 atom stereocenters. The average Bonchev–Trinajstić information content (AvgIpc) is 3.72. The summed E-state index contributed by atoms with van der Waals surface area (Å²) >= 11 is 0. The molecular weight excluding hydrogens is 705 g/mol. The zero-order valence-corrected chi connectivity index (χ0v) is 33.9. The molecule has 0 radical (unpaired) electrons. The molecule has 296 valence electrons. The van der Waals surface area contributed by atoms with E-state index in [-0.39, 0.29) is 59.5 Å². The number of aromatic amines is 2. The van der Waals surface area contributed by atoms with Gasteiger partial charge in [-0.25, -0.2) is 0 Å². The van der Waals surface area contributed by atoms with E-state index in [1.165, 1.54) is 30.7 Å². The van der Waals surface area contributed by atoms with Gasteiger partial charge in [-0.1, -0.05) is 43.2 Å². The zero-order valence-electron chi connectivity index (χ0n) is 33.9. The Morgan fingerprint density at radius 1 is 1.00 bits per heavy atom. The monoisotopic (exact) mass is 760 g/mol. The largest absolute Gasteiger partial charge is 0.496 e. The second-order valence-electron chi connectivity index (χ2n) is 17.4. The zero-order chi connectivity index (χ0) is 39.2. The van der Waals surface area contributed by atoms with Gasteiger partial charge in [-0.2, -0.15) is 0 Å². The van der Waals surface area contributed by atoms with Gasteiger partial charge in [0.25, 0.3) is 0 Å². The van der Waals surface area contributed by atoms with E-state index in [0.29, 0.717) is 31.6 Å². The number of esters is 2. The van der Waals surface area contributed by atoms with Gasteiger partial charge in [0.05, 0.1) is 27.2 Å². The van der Waals surface area contributed by atoms with Gasteiger partial charge in [-0.15, -0.1) is 0 Å². The van der Waals surface area contributed by atoms with Crippen LogP contribution in [0.5, 0.6) is 5.75 Å². The quantitative estimate of drug-likeness (QED) is 0.156. The number of rotatable bonds is 7. The van der Waals surface area contributed by atoms with Gasteiger partial charge in [0.15, 0.2) is 0 Å². The number of carbonyl (C=O) groups excluding carboxylic acids is 3. The predicted molar refractivity (Wildman–Crippen MR) is 216 cm³/mol. The summed E-state index contributed by atoms with van der Waals surface area (Å²) in [5.41, 5.74) is 8.01. The van der Waals surface area contributed by atoms with E-state index in [2.05, 4.69) is 83.1 Å². The van der Waals surface area contributed by atoms with Crippen LogP contribution in [0.2, 0.25) is 0 Å². The fourth-order valence-electron chi connectivity index (χ4n) is 12.7. The molecule has 10 rings (SSSR count). The van der Waals surface area contributed by atoms with Crippen LogP contribution in [0.1, 0.15) is 86.9 Å². The standard InChI is InChI=1S/C46H56N4O6/c1-8-25-17-27-22-46(45(53)56-7)42-29(14-15-50(43(25)46)37(27)16-24(3)51)31-21-39(54-5)32(19-36(31)48-42)33-18-30-26(9-2)23-49(4)38(40(30)44(52)55-6)20-34-28-12-10-11-13-35(28)47-41(33)34/h9-13,19,21,25,27,30,33,37-38,40,43,47-48H,8,14-18,20,22-23H2,1-7H3/b26-9-. The number of aromatic nitrogens is 2. The normalized spacial score (nSPS) is 33.0. The molecule has 4 aromatic rings.